The number of hydrogen-bond acceptors (Lipinski definition) is 5. The van der Waals surface area contributed by atoms with E-state index in [-0.39, 0.29) is 5.41 Å². The Morgan fingerprint density at radius 3 is 2.28 bits per heavy atom. The zero-order chi connectivity index (χ0) is 14.1. The van der Waals surface area contributed by atoms with Crippen molar-refractivity contribution in [2.45, 2.75) is 53.6 Å². The molecule has 0 aliphatic carbocycles. The second-order valence-corrected chi connectivity index (χ2v) is 7.68. The molecule has 0 unspecified atom stereocenters. The number of carbonyl (C=O) groups is 1. The van der Waals surface area contributed by atoms with E-state index in [0.29, 0.717) is 10.8 Å². The van der Waals surface area contributed by atoms with Gasteiger partial charge in [-0.1, -0.05) is 20.8 Å². The fraction of sp³-hybridized carbons (Fsp3) is 0.692. The van der Waals surface area contributed by atoms with Gasteiger partial charge in [-0.25, -0.2) is 9.78 Å². The second kappa shape index (κ2) is 4.88. The van der Waals surface area contributed by atoms with E-state index in [2.05, 4.69) is 25.8 Å². The molecule has 0 bridgehead atoms. The first-order chi connectivity index (χ1) is 7.98. The summed E-state index contributed by atoms with van der Waals surface area (Å²) in [7, 11) is 0. The first kappa shape index (κ1) is 15.0. The van der Waals surface area contributed by atoms with E-state index in [1.807, 2.05) is 20.8 Å². The van der Waals surface area contributed by atoms with E-state index >= 15 is 0 Å². The molecule has 0 atom stereocenters. The number of esters is 1. The number of nitrogens with two attached hydrogens (primary N) is 1. The van der Waals surface area contributed by atoms with Crippen LogP contribution in [0.2, 0.25) is 0 Å². The Morgan fingerprint density at radius 1 is 1.28 bits per heavy atom. The topological polar surface area (TPSA) is 65.2 Å². The van der Waals surface area contributed by atoms with Crippen LogP contribution in [0, 0.1) is 5.41 Å². The molecule has 0 saturated carbocycles. The average Bonchev–Trinajstić information content (AvgIpc) is 2.40. The van der Waals surface area contributed by atoms with Gasteiger partial charge in [0.15, 0.2) is 10.8 Å². The third-order valence-corrected chi connectivity index (χ3v) is 2.88. The summed E-state index contributed by atoms with van der Waals surface area (Å²) in [5, 5.41) is 0.412. The summed E-state index contributed by atoms with van der Waals surface area (Å²) >= 11 is 1.36. The number of rotatable bonds is 2. The van der Waals surface area contributed by atoms with Crippen molar-refractivity contribution in [3.8, 4) is 0 Å². The zero-order valence-corrected chi connectivity index (χ0v) is 12.8. The number of aromatic nitrogens is 1. The van der Waals surface area contributed by atoms with Crippen molar-refractivity contribution in [1.82, 2.24) is 4.98 Å². The van der Waals surface area contributed by atoms with Crippen LogP contribution in [0.25, 0.3) is 0 Å². The van der Waals surface area contributed by atoms with Crippen molar-refractivity contribution in [1.29, 1.82) is 0 Å². The van der Waals surface area contributed by atoms with E-state index in [1.165, 1.54) is 11.3 Å². The van der Waals surface area contributed by atoms with Crippen LogP contribution in [0.15, 0.2) is 0 Å². The molecule has 0 aliphatic heterocycles. The smallest absolute Gasteiger partial charge is 0.358 e. The lowest BCUT2D eigenvalue weighted by Gasteiger charge is -2.20. The molecule has 1 aromatic heterocycles. The molecule has 0 aliphatic rings. The molecule has 1 heterocycles. The third kappa shape index (κ3) is 4.64. The van der Waals surface area contributed by atoms with Crippen LogP contribution >= 0.6 is 11.3 Å². The van der Waals surface area contributed by atoms with Crippen LogP contribution in [-0.2, 0) is 11.2 Å². The number of ether oxygens (including phenoxy) is 1. The lowest BCUT2D eigenvalue weighted by Crippen LogP contribution is -2.25. The lowest BCUT2D eigenvalue weighted by atomic mass is 9.91. The standard InChI is InChI=1S/C13H22N2O2S/c1-12(2,3)7-8-9(15-11(14)18-8)10(16)17-13(4,5)6/h7H2,1-6H3,(H2,14,15). The van der Waals surface area contributed by atoms with Crippen LogP contribution in [0.5, 0.6) is 0 Å². The minimum absolute atomic E-state index is 0.0791. The largest absolute Gasteiger partial charge is 0.455 e. The first-order valence-corrected chi connectivity index (χ1v) is 6.78. The van der Waals surface area contributed by atoms with Crippen molar-refractivity contribution >= 4 is 22.4 Å². The summed E-state index contributed by atoms with van der Waals surface area (Å²) < 4.78 is 5.34. The van der Waals surface area contributed by atoms with E-state index < -0.39 is 11.6 Å². The Hall–Kier alpha value is -1.10. The Labute approximate surface area is 113 Å². The number of hydrogen-bond donors (Lipinski definition) is 1. The van der Waals surface area contributed by atoms with Gasteiger partial charge in [0, 0.05) is 4.88 Å². The molecular formula is C13H22N2O2S. The molecule has 2 N–H and O–H groups in total. The highest BCUT2D eigenvalue weighted by atomic mass is 32.1. The molecule has 5 heteroatoms. The lowest BCUT2D eigenvalue weighted by molar-refractivity contribution is 0.00624. The summed E-state index contributed by atoms with van der Waals surface area (Å²) in [6.45, 7) is 11.9. The van der Waals surface area contributed by atoms with Gasteiger partial charge in [-0.15, -0.1) is 11.3 Å². The highest BCUT2D eigenvalue weighted by Crippen LogP contribution is 2.29. The van der Waals surface area contributed by atoms with Gasteiger partial charge in [0.05, 0.1) is 0 Å². The Morgan fingerprint density at radius 2 is 1.83 bits per heavy atom. The van der Waals surface area contributed by atoms with Gasteiger partial charge in [0.1, 0.15) is 5.60 Å². The average molecular weight is 270 g/mol. The Balaban J connectivity index is 2.98. The normalized spacial score (nSPS) is 12.6. The van der Waals surface area contributed by atoms with Crippen molar-refractivity contribution in [2.24, 2.45) is 5.41 Å². The molecule has 1 aromatic rings. The van der Waals surface area contributed by atoms with Crippen LogP contribution in [0.4, 0.5) is 5.13 Å². The fourth-order valence-corrected chi connectivity index (χ4v) is 2.58. The third-order valence-electron chi connectivity index (χ3n) is 2.00. The van der Waals surface area contributed by atoms with Gasteiger partial charge in [-0.3, -0.25) is 0 Å². The minimum Gasteiger partial charge on any atom is -0.455 e. The predicted octanol–water partition coefficient (Wildman–Crippen LogP) is 3.27. The molecule has 0 saturated heterocycles. The molecule has 0 fully saturated rings. The van der Waals surface area contributed by atoms with Crippen molar-refractivity contribution in [3.63, 3.8) is 0 Å². The SMILES string of the molecule is CC(C)(C)Cc1sc(N)nc1C(=O)OC(C)(C)C. The van der Waals surface area contributed by atoms with E-state index in [9.17, 15) is 4.79 Å². The maximum absolute atomic E-state index is 12.0. The van der Waals surface area contributed by atoms with Crippen molar-refractivity contribution in [2.75, 3.05) is 5.73 Å². The molecule has 0 spiro atoms. The number of anilines is 1. The first-order valence-electron chi connectivity index (χ1n) is 5.96. The van der Waals surface area contributed by atoms with Gasteiger partial charge in [0.2, 0.25) is 0 Å². The quantitative estimate of drug-likeness (QED) is 0.838. The number of carbonyl (C=O) groups excluding carboxylic acids is 1. The summed E-state index contributed by atoms with van der Waals surface area (Å²) in [6.07, 6.45) is 0.760. The number of nitrogen functional groups attached to an aromatic ring is 1. The monoisotopic (exact) mass is 270 g/mol. The maximum Gasteiger partial charge on any atom is 0.358 e. The van der Waals surface area contributed by atoms with Gasteiger partial charge >= 0.3 is 5.97 Å². The van der Waals surface area contributed by atoms with Crippen LogP contribution < -0.4 is 5.73 Å². The van der Waals surface area contributed by atoms with Crippen molar-refractivity contribution < 1.29 is 9.53 Å². The predicted molar refractivity (Wildman–Crippen MR) is 74.9 cm³/mol. The molecule has 4 nitrogen and oxygen atoms in total. The minimum atomic E-state index is -0.519. The van der Waals surface area contributed by atoms with E-state index in [4.69, 9.17) is 10.5 Å². The molecule has 18 heavy (non-hydrogen) atoms. The van der Waals surface area contributed by atoms with Crippen LogP contribution in [0.1, 0.15) is 56.9 Å². The molecule has 102 valence electrons. The Bertz CT molecular complexity index is 439. The van der Waals surface area contributed by atoms with Crippen LogP contribution in [0.3, 0.4) is 0 Å². The molecule has 0 amide bonds. The second-order valence-electron chi connectivity index (χ2n) is 6.56. The number of nitrogens with zero attached hydrogens (tertiary/aromatic N) is 1. The summed E-state index contributed by atoms with van der Waals surface area (Å²) in [5.41, 5.74) is 5.62. The highest BCUT2D eigenvalue weighted by molar-refractivity contribution is 7.15. The summed E-state index contributed by atoms with van der Waals surface area (Å²) in [6, 6.07) is 0. The molecular weight excluding hydrogens is 248 g/mol. The summed E-state index contributed by atoms with van der Waals surface area (Å²) in [4.78, 5) is 17.0. The van der Waals surface area contributed by atoms with E-state index in [0.717, 1.165) is 11.3 Å². The molecule has 0 radical (unpaired) electrons. The van der Waals surface area contributed by atoms with Gasteiger partial charge in [0.25, 0.3) is 0 Å². The van der Waals surface area contributed by atoms with Gasteiger partial charge < -0.3 is 10.5 Å². The van der Waals surface area contributed by atoms with E-state index in [1.54, 1.807) is 0 Å². The van der Waals surface area contributed by atoms with Crippen LogP contribution in [-0.4, -0.2) is 16.6 Å². The Kier molecular flexibility index (Phi) is 4.05. The maximum atomic E-state index is 12.0. The summed E-state index contributed by atoms with van der Waals surface area (Å²) in [5.74, 6) is -0.394. The highest BCUT2D eigenvalue weighted by Gasteiger charge is 2.26. The number of thiazole rings is 1. The van der Waals surface area contributed by atoms with Gasteiger partial charge in [-0.05, 0) is 32.6 Å². The zero-order valence-electron chi connectivity index (χ0n) is 12.0. The van der Waals surface area contributed by atoms with Crippen molar-refractivity contribution in [3.05, 3.63) is 10.6 Å². The molecule has 0 aromatic carbocycles. The molecule has 1 rings (SSSR count). The van der Waals surface area contributed by atoms with Gasteiger partial charge in [-0.2, -0.15) is 0 Å². The fourth-order valence-electron chi connectivity index (χ4n) is 1.46.